The van der Waals surface area contributed by atoms with Crippen molar-refractivity contribution in [3.05, 3.63) is 35.4 Å². The van der Waals surface area contributed by atoms with Gasteiger partial charge in [0.15, 0.2) is 0 Å². The van der Waals surface area contributed by atoms with Gasteiger partial charge in [-0.1, -0.05) is 24.3 Å². The van der Waals surface area contributed by atoms with E-state index in [4.69, 9.17) is 0 Å². The van der Waals surface area contributed by atoms with Gasteiger partial charge in [-0.3, -0.25) is 4.90 Å². The first-order valence-electron chi connectivity index (χ1n) is 8.30. The van der Waals surface area contributed by atoms with E-state index in [0.717, 1.165) is 45.3 Å². The molecule has 1 unspecified atom stereocenters. The lowest BCUT2D eigenvalue weighted by Crippen LogP contribution is -2.52. The summed E-state index contributed by atoms with van der Waals surface area (Å²) >= 11 is 0. The molecule has 0 bridgehead atoms. The second-order valence-electron chi connectivity index (χ2n) is 7.09. The second-order valence-corrected chi connectivity index (χ2v) is 7.09. The number of nitrogens with zero attached hydrogens (tertiary/aromatic N) is 1. The average molecular weight is 288 g/mol. The highest BCUT2D eigenvalue weighted by molar-refractivity contribution is 5.29. The zero-order valence-corrected chi connectivity index (χ0v) is 13.3. The van der Waals surface area contributed by atoms with Crippen LogP contribution in [0.1, 0.15) is 49.8 Å². The monoisotopic (exact) mass is 288 g/mol. The fourth-order valence-electron chi connectivity index (χ4n) is 3.88. The molecule has 0 spiro atoms. The molecule has 2 aliphatic rings. The lowest BCUT2D eigenvalue weighted by atomic mass is 9.82. The standard InChI is InChI=1S/C18H28N2O/c1-14-5-3-4-6-16(14)17-13-20(12-11-19-17)15-7-9-18(2,21)10-8-15/h3-6,15,17,19,21H,7-13H2,1-2H3. The fourth-order valence-corrected chi connectivity index (χ4v) is 3.88. The van der Waals surface area contributed by atoms with Gasteiger partial charge >= 0.3 is 0 Å². The maximum absolute atomic E-state index is 10.1. The molecule has 1 saturated heterocycles. The molecule has 1 aromatic carbocycles. The highest BCUT2D eigenvalue weighted by atomic mass is 16.3. The molecule has 21 heavy (non-hydrogen) atoms. The molecule has 1 heterocycles. The van der Waals surface area contributed by atoms with Crippen LogP contribution >= 0.6 is 0 Å². The van der Waals surface area contributed by atoms with Crippen LogP contribution in [0.5, 0.6) is 0 Å². The van der Waals surface area contributed by atoms with Crippen molar-refractivity contribution < 1.29 is 5.11 Å². The number of hydrogen-bond acceptors (Lipinski definition) is 3. The Hall–Kier alpha value is -0.900. The van der Waals surface area contributed by atoms with Crippen molar-refractivity contribution in [1.82, 2.24) is 10.2 Å². The number of hydrogen-bond donors (Lipinski definition) is 2. The number of rotatable bonds is 2. The number of benzene rings is 1. The fraction of sp³-hybridized carbons (Fsp3) is 0.667. The van der Waals surface area contributed by atoms with E-state index in [2.05, 4.69) is 41.4 Å². The van der Waals surface area contributed by atoms with Crippen LogP contribution in [0.15, 0.2) is 24.3 Å². The lowest BCUT2D eigenvalue weighted by molar-refractivity contribution is -0.00993. The maximum atomic E-state index is 10.1. The summed E-state index contributed by atoms with van der Waals surface area (Å²) in [6.07, 6.45) is 4.15. The van der Waals surface area contributed by atoms with Crippen molar-refractivity contribution in [2.75, 3.05) is 19.6 Å². The topological polar surface area (TPSA) is 35.5 Å². The predicted molar refractivity (Wildman–Crippen MR) is 86.4 cm³/mol. The molecule has 3 nitrogen and oxygen atoms in total. The normalized spacial score (nSPS) is 34.8. The van der Waals surface area contributed by atoms with Gasteiger partial charge in [0.2, 0.25) is 0 Å². The second kappa shape index (κ2) is 6.07. The van der Waals surface area contributed by atoms with Gasteiger partial charge in [0.25, 0.3) is 0 Å². The molecule has 1 aromatic rings. The molecule has 2 fully saturated rings. The van der Waals surface area contributed by atoms with Crippen LogP contribution in [0.4, 0.5) is 0 Å². The largest absolute Gasteiger partial charge is 0.390 e. The predicted octanol–water partition coefficient (Wildman–Crippen LogP) is 2.63. The van der Waals surface area contributed by atoms with Gasteiger partial charge in [0.05, 0.1) is 5.60 Å². The van der Waals surface area contributed by atoms with Crippen molar-refractivity contribution in [1.29, 1.82) is 0 Å². The minimum absolute atomic E-state index is 0.431. The molecule has 0 radical (unpaired) electrons. The maximum Gasteiger partial charge on any atom is 0.0621 e. The molecule has 3 rings (SSSR count). The Morgan fingerprint density at radius 1 is 1.24 bits per heavy atom. The van der Waals surface area contributed by atoms with Gasteiger partial charge in [-0.2, -0.15) is 0 Å². The third kappa shape index (κ3) is 3.47. The molecule has 1 aliphatic heterocycles. The summed E-state index contributed by atoms with van der Waals surface area (Å²) in [7, 11) is 0. The van der Waals surface area contributed by atoms with Gasteiger partial charge < -0.3 is 10.4 Å². The zero-order chi connectivity index (χ0) is 14.9. The number of aliphatic hydroxyl groups is 1. The first-order chi connectivity index (χ1) is 10.1. The Morgan fingerprint density at radius 3 is 2.67 bits per heavy atom. The van der Waals surface area contributed by atoms with E-state index in [1.165, 1.54) is 11.1 Å². The number of nitrogens with one attached hydrogen (secondary N) is 1. The average Bonchev–Trinajstić information content (AvgIpc) is 2.48. The summed E-state index contributed by atoms with van der Waals surface area (Å²) in [5.74, 6) is 0. The molecule has 3 heteroatoms. The zero-order valence-electron chi connectivity index (χ0n) is 13.3. The molecule has 2 N–H and O–H groups in total. The van der Waals surface area contributed by atoms with Gasteiger partial charge in [-0.15, -0.1) is 0 Å². The third-order valence-corrected chi connectivity index (χ3v) is 5.32. The van der Waals surface area contributed by atoms with E-state index < -0.39 is 5.60 Å². The van der Waals surface area contributed by atoms with Crippen LogP contribution in [0.25, 0.3) is 0 Å². The molecular weight excluding hydrogens is 260 g/mol. The highest BCUT2D eigenvalue weighted by Gasteiger charge is 2.33. The summed E-state index contributed by atoms with van der Waals surface area (Å²) in [6, 6.07) is 9.81. The van der Waals surface area contributed by atoms with E-state index >= 15 is 0 Å². The molecule has 1 aliphatic carbocycles. The van der Waals surface area contributed by atoms with Crippen molar-refractivity contribution >= 4 is 0 Å². The van der Waals surface area contributed by atoms with Crippen LogP contribution in [0.3, 0.4) is 0 Å². The van der Waals surface area contributed by atoms with Gasteiger partial charge in [-0.05, 0) is 50.7 Å². The highest BCUT2D eigenvalue weighted by Crippen LogP contribution is 2.32. The van der Waals surface area contributed by atoms with Crippen molar-refractivity contribution in [2.24, 2.45) is 0 Å². The first kappa shape index (κ1) is 15.0. The van der Waals surface area contributed by atoms with Crippen molar-refractivity contribution in [3.8, 4) is 0 Å². The Kier molecular flexibility index (Phi) is 4.34. The van der Waals surface area contributed by atoms with Crippen molar-refractivity contribution in [3.63, 3.8) is 0 Å². The smallest absolute Gasteiger partial charge is 0.0621 e. The Balaban J connectivity index is 1.65. The SMILES string of the molecule is Cc1ccccc1C1CN(C2CCC(C)(O)CC2)CCN1. The molecule has 116 valence electrons. The van der Waals surface area contributed by atoms with E-state index in [1.54, 1.807) is 0 Å². The summed E-state index contributed by atoms with van der Waals surface area (Å²) in [5, 5.41) is 13.8. The van der Waals surface area contributed by atoms with Gasteiger partial charge in [0, 0.05) is 31.7 Å². The lowest BCUT2D eigenvalue weighted by Gasteiger charge is -2.43. The summed E-state index contributed by atoms with van der Waals surface area (Å²) in [4.78, 5) is 2.64. The van der Waals surface area contributed by atoms with E-state index in [-0.39, 0.29) is 0 Å². The van der Waals surface area contributed by atoms with E-state index in [1.807, 2.05) is 6.92 Å². The minimum Gasteiger partial charge on any atom is -0.390 e. The Bertz CT molecular complexity index is 476. The molecule has 1 saturated carbocycles. The first-order valence-corrected chi connectivity index (χ1v) is 8.30. The van der Waals surface area contributed by atoms with Crippen LogP contribution < -0.4 is 5.32 Å². The van der Waals surface area contributed by atoms with E-state index in [9.17, 15) is 5.11 Å². The Labute approximate surface area is 128 Å². The van der Waals surface area contributed by atoms with Crippen LogP contribution in [0, 0.1) is 6.92 Å². The molecule has 0 amide bonds. The Morgan fingerprint density at radius 2 is 1.95 bits per heavy atom. The van der Waals surface area contributed by atoms with Crippen LogP contribution in [-0.4, -0.2) is 41.3 Å². The quantitative estimate of drug-likeness (QED) is 0.878. The summed E-state index contributed by atoms with van der Waals surface area (Å²) in [6.45, 7) is 7.48. The minimum atomic E-state index is -0.431. The van der Waals surface area contributed by atoms with Crippen LogP contribution in [-0.2, 0) is 0 Å². The molecule has 0 aromatic heterocycles. The summed E-state index contributed by atoms with van der Waals surface area (Å²) in [5.41, 5.74) is 2.38. The van der Waals surface area contributed by atoms with Crippen molar-refractivity contribution in [2.45, 2.75) is 57.2 Å². The number of aryl methyl sites for hydroxylation is 1. The van der Waals surface area contributed by atoms with Gasteiger partial charge in [0.1, 0.15) is 0 Å². The third-order valence-electron chi connectivity index (χ3n) is 5.32. The van der Waals surface area contributed by atoms with Crippen LogP contribution in [0.2, 0.25) is 0 Å². The molecule has 1 atom stereocenters. The number of piperazine rings is 1. The van der Waals surface area contributed by atoms with Gasteiger partial charge in [-0.25, -0.2) is 0 Å². The van der Waals surface area contributed by atoms with E-state index in [0.29, 0.717) is 12.1 Å². The molecular formula is C18H28N2O. The summed E-state index contributed by atoms with van der Waals surface area (Å²) < 4.78 is 0.